The normalized spacial score (nSPS) is 10.5. The number of carboxylic acids is 1. The molecule has 1 heterocycles. The van der Waals surface area contributed by atoms with Crippen molar-refractivity contribution in [1.29, 1.82) is 0 Å². The summed E-state index contributed by atoms with van der Waals surface area (Å²) in [4.78, 5) is 34.0. The lowest BCUT2D eigenvalue weighted by molar-refractivity contribution is -0.137. The molecule has 0 aliphatic rings. The third kappa shape index (κ3) is 3.42. The Morgan fingerprint density at radius 2 is 2.06 bits per heavy atom. The van der Waals surface area contributed by atoms with Gasteiger partial charge < -0.3 is 5.11 Å². The Morgan fingerprint density at radius 3 is 2.59 bits per heavy atom. The van der Waals surface area contributed by atoms with E-state index >= 15 is 0 Å². The van der Waals surface area contributed by atoms with Crippen molar-refractivity contribution >= 4 is 28.6 Å². The van der Waals surface area contributed by atoms with Crippen LogP contribution in [0.5, 0.6) is 0 Å². The van der Waals surface area contributed by atoms with Gasteiger partial charge in [-0.1, -0.05) is 6.92 Å². The maximum Gasteiger partial charge on any atom is 0.331 e. The summed E-state index contributed by atoms with van der Waals surface area (Å²) in [7, 11) is 0. The van der Waals surface area contributed by atoms with Crippen LogP contribution in [0.2, 0.25) is 0 Å². The lowest BCUT2D eigenvalue weighted by Crippen LogP contribution is -2.41. The largest absolute Gasteiger partial charge is 0.481 e. The van der Waals surface area contributed by atoms with Crippen molar-refractivity contribution < 1.29 is 9.90 Å². The fourth-order valence-corrected chi connectivity index (χ4v) is 2.05. The number of carboxylic acid groups (broad SMARTS) is 1. The Kier molecular flexibility index (Phi) is 4.91. The van der Waals surface area contributed by atoms with Gasteiger partial charge in [-0.2, -0.15) is 0 Å². The van der Waals surface area contributed by atoms with Gasteiger partial charge in [0.2, 0.25) is 0 Å². The minimum absolute atomic E-state index is 0.0897. The van der Waals surface area contributed by atoms with E-state index < -0.39 is 17.2 Å². The fourth-order valence-electron chi connectivity index (χ4n) is 1.42. The van der Waals surface area contributed by atoms with Crippen LogP contribution in [0.3, 0.4) is 0 Å². The zero-order chi connectivity index (χ0) is 13.0. The number of carbonyl (C=O) groups is 1. The molecule has 0 fully saturated rings. The molecule has 17 heavy (non-hydrogen) atoms. The number of rotatable bonds is 5. The van der Waals surface area contributed by atoms with Crippen molar-refractivity contribution in [3.05, 3.63) is 30.6 Å². The summed E-state index contributed by atoms with van der Waals surface area (Å²) in [5, 5.41) is 8.57. The topological polar surface area (TPSA) is 81.3 Å². The summed E-state index contributed by atoms with van der Waals surface area (Å²) >= 11 is 1.85. The second-order valence-electron chi connectivity index (χ2n) is 3.55. The van der Waals surface area contributed by atoms with Crippen LogP contribution >= 0.6 is 22.6 Å². The zero-order valence-electron chi connectivity index (χ0n) is 9.35. The molecule has 1 aromatic rings. The van der Waals surface area contributed by atoms with E-state index in [0.29, 0.717) is 10.1 Å². The maximum atomic E-state index is 11.9. The van der Waals surface area contributed by atoms with Crippen LogP contribution in [0, 0.1) is 3.57 Å². The lowest BCUT2D eigenvalue weighted by atomic mass is 10.4. The summed E-state index contributed by atoms with van der Waals surface area (Å²) in [5.41, 5.74) is -0.872. The molecule has 0 aliphatic heterocycles. The van der Waals surface area contributed by atoms with E-state index in [4.69, 9.17) is 5.11 Å². The fraction of sp³-hybridized carbons (Fsp3) is 0.500. The van der Waals surface area contributed by atoms with Gasteiger partial charge in [0.15, 0.2) is 0 Å². The van der Waals surface area contributed by atoms with E-state index in [9.17, 15) is 14.4 Å². The predicted molar refractivity (Wildman–Crippen MR) is 70.2 cm³/mol. The van der Waals surface area contributed by atoms with Gasteiger partial charge in [-0.25, -0.2) is 4.79 Å². The molecule has 0 bridgehead atoms. The van der Waals surface area contributed by atoms with E-state index in [1.807, 2.05) is 29.5 Å². The Morgan fingerprint density at radius 1 is 1.41 bits per heavy atom. The minimum atomic E-state index is -1.03. The van der Waals surface area contributed by atoms with Gasteiger partial charge >= 0.3 is 11.7 Å². The van der Waals surface area contributed by atoms with E-state index in [2.05, 4.69) is 0 Å². The average Bonchev–Trinajstić information content (AvgIpc) is 2.26. The number of halogens is 1. The minimum Gasteiger partial charge on any atom is -0.481 e. The summed E-state index contributed by atoms with van der Waals surface area (Å²) in [6, 6.07) is 0. The molecule has 0 aromatic carbocycles. The first-order valence-electron chi connectivity index (χ1n) is 5.19. The molecule has 0 atom stereocenters. The first kappa shape index (κ1) is 13.9. The molecular weight excluding hydrogens is 339 g/mol. The van der Waals surface area contributed by atoms with Crippen molar-refractivity contribution in [2.45, 2.75) is 32.9 Å². The van der Waals surface area contributed by atoms with Crippen molar-refractivity contribution in [3.63, 3.8) is 0 Å². The highest BCUT2D eigenvalue weighted by molar-refractivity contribution is 14.1. The Labute approximate surface area is 111 Å². The van der Waals surface area contributed by atoms with Crippen LogP contribution in [-0.2, 0) is 17.9 Å². The van der Waals surface area contributed by atoms with Crippen molar-refractivity contribution in [3.8, 4) is 0 Å². The molecule has 1 aromatic heterocycles. The highest BCUT2D eigenvalue weighted by atomic mass is 127. The van der Waals surface area contributed by atoms with Crippen molar-refractivity contribution in [1.82, 2.24) is 9.13 Å². The lowest BCUT2D eigenvalue weighted by Gasteiger charge is -2.09. The molecular formula is C10H13IN2O4. The molecule has 0 saturated carbocycles. The smallest absolute Gasteiger partial charge is 0.331 e. The number of hydrogen-bond donors (Lipinski definition) is 1. The highest BCUT2D eigenvalue weighted by Gasteiger charge is 2.10. The molecule has 0 saturated heterocycles. The van der Waals surface area contributed by atoms with E-state index in [1.54, 1.807) is 0 Å². The van der Waals surface area contributed by atoms with E-state index in [0.717, 1.165) is 11.0 Å². The first-order valence-corrected chi connectivity index (χ1v) is 6.26. The summed E-state index contributed by atoms with van der Waals surface area (Å²) in [5.74, 6) is -1.03. The third-order valence-electron chi connectivity index (χ3n) is 2.21. The number of aliphatic carboxylic acids is 1. The molecule has 94 valence electrons. The van der Waals surface area contributed by atoms with Crippen LogP contribution in [-0.4, -0.2) is 20.2 Å². The van der Waals surface area contributed by atoms with Crippen LogP contribution in [0.1, 0.15) is 19.8 Å². The van der Waals surface area contributed by atoms with Gasteiger partial charge in [0.25, 0.3) is 5.56 Å². The standard InChI is InChI=1S/C10H13IN2O4/c1-2-4-12-6-7(11)9(16)13(10(12)17)5-3-8(14)15/h6H,2-5H2,1H3,(H,14,15). The van der Waals surface area contributed by atoms with Gasteiger partial charge in [-0.3, -0.25) is 18.7 Å². The molecule has 0 unspecified atom stereocenters. The molecule has 0 aliphatic carbocycles. The van der Waals surface area contributed by atoms with Crippen molar-refractivity contribution in [2.75, 3.05) is 0 Å². The maximum absolute atomic E-state index is 11.9. The molecule has 0 amide bonds. The summed E-state index contributed by atoms with van der Waals surface area (Å²) < 4.78 is 2.83. The SMILES string of the molecule is CCCn1cc(I)c(=O)n(CCC(=O)O)c1=O. The monoisotopic (exact) mass is 352 g/mol. The zero-order valence-corrected chi connectivity index (χ0v) is 11.5. The average molecular weight is 352 g/mol. The van der Waals surface area contributed by atoms with Gasteiger partial charge in [-0.15, -0.1) is 0 Å². The van der Waals surface area contributed by atoms with Crippen molar-refractivity contribution in [2.24, 2.45) is 0 Å². The predicted octanol–water partition coefficient (Wildman–Crippen LogP) is 0.499. The quantitative estimate of drug-likeness (QED) is 0.783. The van der Waals surface area contributed by atoms with Gasteiger partial charge in [0, 0.05) is 19.3 Å². The number of hydrogen-bond acceptors (Lipinski definition) is 3. The Bertz CT molecular complexity index is 532. The first-order chi connectivity index (χ1) is 7.97. The third-order valence-corrected chi connectivity index (χ3v) is 2.95. The van der Waals surface area contributed by atoms with Gasteiger partial charge in [0.1, 0.15) is 0 Å². The summed E-state index contributed by atoms with van der Waals surface area (Å²) in [6.07, 6.45) is 2.04. The Balaban J connectivity index is 3.22. The highest BCUT2D eigenvalue weighted by Crippen LogP contribution is 1.96. The second-order valence-corrected chi connectivity index (χ2v) is 4.72. The number of aryl methyl sites for hydroxylation is 1. The van der Waals surface area contributed by atoms with E-state index in [1.165, 1.54) is 10.8 Å². The van der Waals surface area contributed by atoms with Crippen LogP contribution in [0.4, 0.5) is 0 Å². The molecule has 0 radical (unpaired) electrons. The molecule has 0 spiro atoms. The van der Waals surface area contributed by atoms with Crippen LogP contribution < -0.4 is 11.2 Å². The number of aromatic nitrogens is 2. The number of nitrogens with zero attached hydrogens (tertiary/aromatic N) is 2. The second kappa shape index (κ2) is 5.99. The molecule has 6 nitrogen and oxygen atoms in total. The molecule has 1 rings (SSSR count). The summed E-state index contributed by atoms with van der Waals surface area (Å²) in [6.45, 7) is 2.35. The van der Waals surface area contributed by atoms with E-state index in [-0.39, 0.29) is 13.0 Å². The molecule has 1 N–H and O–H groups in total. The Hall–Kier alpha value is -1.12. The van der Waals surface area contributed by atoms with Gasteiger partial charge in [0.05, 0.1) is 9.99 Å². The molecule has 7 heteroatoms. The van der Waals surface area contributed by atoms with Gasteiger partial charge in [-0.05, 0) is 29.0 Å². The van der Waals surface area contributed by atoms with Crippen LogP contribution in [0.25, 0.3) is 0 Å². The van der Waals surface area contributed by atoms with Crippen LogP contribution in [0.15, 0.2) is 15.8 Å².